The summed E-state index contributed by atoms with van der Waals surface area (Å²) in [6, 6.07) is 14.9. The van der Waals surface area contributed by atoms with Gasteiger partial charge < -0.3 is 10.2 Å². The van der Waals surface area contributed by atoms with Gasteiger partial charge in [0.05, 0.1) is 5.75 Å². The van der Waals surface area contributed by atoms with Crippen molar-refractivity contribution in [2.75, 3.05) is 5.75 Å². The molecule has 162 valence electrons. The van der Waals surface area contributed by atoms with Crippen molar-refractivity contribution in [1.82, 2.24) is 10.2 Å². The zero-order valence-electron chi connectivity index (χ0n) is 17.5. The summed E-state index contributed by atoms with van der Waals surface area (Å²) in [5.41, 5.74) is 2.09. The minimum atomic E-state index is -0.560. The summed E-state index contributed by atoms with van der Waals surface area (Å²) in [6.07, 6.45) is 0.840. The average Bonchev–Trinajstić information content (AvgIpc) is 2.74. The molecule has 0 saturated heterocycles. The van der Waals surface area contributed by atoms with Crippen LogP contribution in [0.3, 0.4) is 0 Å². The number of nitrogens with one attached hydrogen (secondary N) is 1. The maximum atomic E-state index is 13.1. The Balaban J connectivity index is 2.06. The fourth-order valence-corrected chi connectivity index (χ4v) is 4.02. The van der Waals surface area contributed by atoms with Crippen LogP contribution in [0.15, 0.2) is 53.0 Å². The fraction of sp³-hybridized carbons (Fsp3) is 0.391. The second-order valence-corrected chi connectivity index (χ2v) is 9.60. The number of benzene rings is 2. The first-order valence-electron chi connectivity index (χ1n) is 9.96. The molecule has 0 aliphatic heterocycles. The average molecular weight is 512 g/mol. The Hall–Kier alpha value is -1.50. The van der Waals surface area contributed by atoms with Gasteiger partial charge >= 0.3 is 0 Å². The van der Waals surface area contributed by atoms with Crippen LogP contribution in [0.1, 0.15) is 38.3 Å². The first-order chi connectivity index (χ1) is 14.3. The summed E-state index contributed by atoms with van der Waals surface area (Å²) in [6.45, 7) is 6.13. The Kier molecular flexibility index (Phi) is 10.2. The zero-order valence-corrected chi connectivity index (χ0v) is 20.7. The number of hydrogen-bond donors (Lipinski definition) is 1. The van der Waals surface area contributed by atoms with E-state index in [4.69, 9.17) is 11.6 Å². The molecule has 2 aromatic rings. The molecule has 2 amide bonds. The number of halogens is 2. The molecule has 1 N–H and O–H groups in total. The quantitative estimate of drug-likeness (QED) is 0.447. The maximum absolute atomic E-state index is 13.1. The Bertz CT molecular complexity index is 830. The standard InChI is InChI=1S/C23H28BrClN2O2S/c1-4-16(2)26-23(29)17(3)27(13-18-7-11-21(25)12-8-18)22(28)15-30-14-19-5-9-20(24)10-6-19/h5-12,16-17H,4,13-15H2,1-3H3,(H,26,29)/t16-,17+/m0/s1. The van der Waals surface area contributed by atoms with E-state index in [1.54, 1.807) is 35.7 Å². The van der Waals surface area contributed by atoms with Crippen molar-refractivity contribution in [2.24, 2.45) is 0 Å². The van der Waals surface area contributed by atoms with Crippen molar-refractivity contribution in [3.05, 3.63) is 69.2 Å². The van der Waals surface area contributed by atoms with Gasteiger partial charge in [0.15, 0.2) is 0 Å². The number of amides is 2. The summed E-state index contributed by atoms with van der Waals surface area (Å²) < 4.78 is 1.03. The third kappa shape index (κ3) is 7.97. The highest BCUT2D eigenvalue weighted by molar-refractivity contribution is 9.10. The molecular weight excluding hydrogens is 484 g/mol. The smallest absolute Gasteiger partial charge is 0.242 e. The van der Waals surface area contributed by atoms with Gasteiger partial charge in [0, 0.05) is 27.8 Å². The second kappa shape index (κ2) is 12.4. The Morgan fingerprint density at radius 2 is 1.67 bits per heavy atom. The number of rotatable bonds is 10. The second-order valence-electron chi connectivity index (χ2n) is 7.26. The lowest BCUT2D eigenvalue weighted by Gasteiger charge is -2.29. The Labute approximate surface area is 196 Å². The van der Waals surface area contributed by atoms with Crippen molar-refractivity contribution in [1.29, 1.82) is 0 Å². The third-order valence-electron chi connectivity index (χ3n) is 4.84. The van der Waals surface area contributed by atoms with Crippen LogP contribution in [0.2, 0.25) is 5.02 Å². The number of carbonyl (C=O) groups excluding carboxylic acids is 2. The predicted molar refractivity (Wildman–Crippen MR) is 130 cm³/mol. The SMILES string of the molecule is CC[C@H](C)NC(=O)[C@@H](C)N(Cc1ccc(Cl)cc1)C(=O)CSCc1ccc(Br)cc1. The lowest BCUT2D eigenvalue weighted by Crippen LogP contribution is -2.50. The molecular formula is C23H28BrClN2O2S. The van der Waals surface area contributed by atoms with Crippen molar-refractivity contribution in [3.63, 3.8) is 0 Å². The number of hydrogen-bond acceptors (Lipinski definition) is 3. The largest absolute Gasteiger partial charge is 0.352 e. The van der Waals surface area contributed by atoms with Crippen LogP contribution < -0.4 is 5.32 Å². The minimum absolute atomic E-state index is 0.0566. The van der Waals surface area contributed by atoms with E-state index in [0.29, 0.717) is 17.3 Å². The molecule has 30 heavy (non-hydrogen) atoms. The molecule has 0 saturated carbocycles. The molecule has 0 spiro atoms. The topological polar surface area (TPSA) is 49.4 Å². The van der Waals surface area contributed by atoms with E-state index in [1.165, 1.54) is 0 Å². The number of carbonyl (C=O) groups is 2. The van der Waals surface area contributed by atoms with Gasteiger partial charge in [-0.3, -0.25) is 9.59 Å². The highest BCUT2D eigenvalue weighted by Crippen LogP contribution is 2.19. The molecule has 0 bridgehead atoms. The van der Waals surface area contributed by atoms with Gasteiger partial charge in [0.25, 0.3) is 0 Å². The normalized spacial score (nSPS) is 12.8. The maximum Gasteiger partial charge on any atom is 0.242 e. The lowest BCUT2D eigenvalue weighted by atomic mass is 10.1. The van der Waals surface area contributed by atoms with Crippen LogP contribution in [0.5, 0.6) is 0 Å². The molecule has 0 radical (unpaired) electrons. The first-order valence-corrected chi connectivity index (χ1v) is 12.3. The zero-order chi connectivity index (χ0) is 22.1. The summed E-state index contributed by atoms with van der Waals surface area (Å²) in [7, 11) is 0. The van der Waals surface area contributed by atoms with Gasteiger partial charge in [-0.2, -0.15) is 0 Å². The molecule has 2 rings (SSSR count). The molecule has 0 aromatic heterocycles. The molecule has 0 aliphatic rings. The summed E-state index contributed by atoms with van der Waals surface area (Å²) in [5.74, 6) is 0.856. The van der Waals surface area contributed by atoms with Crippen LogP contribution in [-0.4, -0.2) is 34.6 Å². The Morgan fingerprint density at radius 3 is 2.27 bits per heavy atom. The number of nitrogens with zero attached hydrogens (tertiary/aromatic N) is 1. The van der Waals surface area contributed by atoms with Crippen molar-refractivity contribution in [2.45, 2.75) is 51.6 Å². The monoisotopic (exact) mass is 510 g/mol. The molecule has 0 aliphatic carbocycles. The molecule has 0 fully saturated rings. The highest BCUT2D eigenvalue weighted by atomic mass is 79.9. The van der Waals surface area contributed by atoms with Crippen molar-refractivity contribution < 1.29 is 9.59 Å². The third-order valence-corrected chi connectivity index (χ3v) is 6.61. The molecule has 4 nitrogen and oxygen atoms in total. The fourth-order valence-electron chi connectivity index (χ4n) is 2.75. The van der Waals surface area contributed by atoms with Crippen molar-refractivity contribution in [3.8, 4) is 0 Å². The molecule has 7 heteroatoms. The van der Waals surface area contributed by atoms with Crippen LogP contribution in [0, 0.1) is 0 Å². The predicted octanol–water partition coefficient (Wildman–Crippen LogP) is 5.67. The Morgan fingerprint density at radius 1 is 1.07 bits per heavy atom. The lowest BCUT2D eigenvalue weighted by molar-refractivity contribution is -0.138. The summed E-state index contributed by atoms with van der Waals surface area (Å²) in [5, 5.41) is 3.62. The van der Waals surface area contributed by atoms with Crippen LogP contribution in [0.4, 0.5) is 0 Å². The van der Waals surface area contributed by atoms with Gasteiger partial charge in [-0.05, 0) is 55.7 Å². The minimum Gasteiger partial charge on any atom is -0.352 e. The van der Waals surface area contributed by atoms with Crippen LogP contribution in [-0.2, 0) is 21.9 Å². The number of thioether (sulfide) groups is 1. The van der Waals surface area contributed by atoms with Gasteiger partial charge in [-0.25, -0.2) is 0 Å². The molecule has 0 unspecified atom stereocenters. The molecule has 0 heterocycles. The van der Waals surface area contributed by atoms with E-state index >= 15 is 0 Å². The van der Waals surface area contributed by atoms with Crippen LogP contribution in [0.25, 0.3) is 0 Å². The van der Waals surface area contributed by atoms with E-state index in [2.05, 4.69) is 21.2 Å². The molecule has 2 aromatic carbocycles. The molecule has 2 atom stereocenters. The first kappa shape index (κ1) is 24.8. The van der Waals surface area contributed by atoms with E-state index < -0.39 is 6.04 Å². The van der Waals surface area contributed by atoms with E-state index in [9.17, 15) is 9.59 Å². The van der Waals surface area contributed by atoms with E-state index in [0.717, 1.165) is 27.8 Å². The van der Waals surface area contributed by atoms with Gasteiger partial charge in [0.1, 0.15) is 6.04 Å². The van der Waals surface area contributed by atoms with E-state index in [1.807, 2.05) is 50.2 Å². The van der Waals surface area contributed by atoms with Gasteiger partial charge in [-0.1, -0.05) is 58.7 Å². The van der Waals surface area contributed by atoms with Gasteiger partial charge in [-0.15, -0.1) is 11.8 Å². The highest BCUT2D eigenvalue weighted by Gasteiger charge is 2.26. The van der Waals surface area contributed by atoms with Crippen LogP contribution >= 0.6 is 39.3 Å². The summed E-state index contributed by atoms with van der Waals surface area (Å²) in [4.78, 5) is 27.4. The van der Waals surface area contributed by atoms with E-state index in [-0.39, 0.29) is 17.9 Å². The van der Waals surface area contributed by atoms with Crippen molar-refractivity contribution >= 4 is 51.1 Å². The van der Waals surface area contributed by atoms with Gasteiger partial charge in [0.2, 0.25) is 11.8 Å². The summed E-state index contributed by atoms with van der Waals surface area (Å²) >= 11 is 11.0.